The van der Waals surface area contributed by atoms with Crippen LogP contribution in [-0.4, -0.2) is 40.2 Å². The van der Waals surface area contributed by atoms with E-state index in [1.165, 1.54) is 5.69 Å². The van der Waals surface area contributed by atoms with Gasteiger partial charge in [-0.25, -0.2) is 4.98 Å². The number of aromatic nitrogens is 2. The van der Waals surface area contributed by atoms with Crippen LogP contribution in [0.4, 0.5) is 5.82 Å². The van der Waals surface area contributed by atoms with Crippen LogP contribution < -0.4 is 10.2 Å². The Bertz CT molecular complexity index is 609. The normalized spacial score (nSPS) is 22.9. The Morgan fingerprint density at radius 1 is 1.43 bits per heavy atom. The Hall–Kier alpha value is -1.59. The van der Waals surface area contributed by atoms with E-state index in [2.05, 4.69) is 34.7 Å². The predicted molar refractivity (Wildman–Crippen MR) is 84.6 cm³/mol. The molecule has 2 unspecified atom stereocenters. The number of aliphatic hydroxyl groups excluding tert-OH is 1. The van der Waals surface area contributed by atoms with E-state index >= 15 is 0 Å². The molecular formula is C16H24N4O. The van der Waals surface area contributed by atoms with E-state index in [1.807, 2.05) is 18.2 Å². The molecule has 5 nitrogen and oxygen atoms in total. The molecular weight excluding hydrogens is 264 g/mol. The standard InChI is InChI=1S/C16H24N4O/c1-3-17-10-13-16(18-15-6-4-5-8-20(13)15)19-9-7-14(21)12(2)11-19/h4-6,8,12,14,17,21H,3,7,9-11H2,1-2H3. The smallest absolute Gasteiger partial charge is 0.152 e. The van der Waals surface area contributed by atoms with Gasteiger partial charge in [0.2, 0.25) is 0 Å². The van der Waals surface area contributed by atoms with Gasteiger partial charge in [-0.15, -0.1) is 0 Å². The predicted octanol–water partition coefficient (Wildman–Crippen LogP) is 1.65. The van der Waals surface area contributed by atoms with Crippen molar-refractivity contribution < 1.29 is 5.11 Å². The largest absolute Gasteiger partial charge is 0.393 e. The van der Waals surface area contributed by atoms with Crippen molar-refractivity contribution in [3.8, 4) is 0 Å². The van der Waals surface area contributed by atoms with Crippen molar-refractivity contribution in [3.63, 3.8) is 0 Å². The number of pyridine rings is 1. The van der Waals surface area contributed by atoms with Gasteiger partial charge in [0, 0.05) is 25.8 Å². The Kier molecular flexibility index (Phi) is 4.12. The van der Waals surface area contributed by atoms with Gasteiger partial charge < -0.3 is 19.7 Å². The van der Waals surface area contributed by atoms with Gasteiger partial charge in [-0.3, -0.25) is 0 Å². The number of nitrogens with zero attached hydrogens (tertiary/aromatic N) is 3. The zero-order chi connectivity index (χ0) is 14.8. The summed E-state index contributed by atoms with van der Waals surface area (Å²) >= 11 is 0. The number of imidazole rings is 1. The third kappa shape index (κ3) is 2.76. The van der Waals surface area contributed by atoms with Crippen molar-refractivity contribution in [2.75, 3.05) is 24.5 Å². The molecule has 1 fully saturated rings. The first-order valence-electron chi connectivity index (χ1n) is 7.80. The third-order valence-electron chi connectivity index (χ3n) is 4.31. The minimum absolute atomic E-state index is 0.185. The maximum atomic E-state index is 9.93. The number of fused-ring (bicyclic) bond motifs is 1. The third-order valence-corrected chi connectivity index (χ3v) is 4.31. The lowest BCUT2D eigenvalue weighted by Crippen LogP contribution is -2.42. The SMILES string of the molecule is CCNCc1c(N2CCC(O)C(C)C2)nc2ccccn12. The van der Waals surface area contributed by atoms with E-state index in [0.717, 1.165) is 44.1 Å². The van der Waals surface area contributed by atoms with Crippen LogP contribution in [0.25, 0.3) is 5.65 Å². The zero-order valence-electron chi connectivity index (χ0n) is 12.8. The molecule has 3 heterocycles. The van der Waals surface area contributed by atoms with Gasteiger partial charge in [-0.1, -0.05) is 19.9 Å². The van der Waals surface area contributed by atoms with E-state index in [0.29, 0.717) is 0 Å². The molecule has 2 atom stereocenters. The second-order valence-electron chi connectivity index (χ2n) is 5.87. The van der Waals surface area contributed by atoms with Crippen LogP contribution in [0.15, 0.2) is 24.4 Å². The molecule has 114 valence electrons. The first-order valence-corrected chi connectivity index (χ1v) is 7.80. The minimum atomic E-state index is -0.185. The van der Waals surface area contributed by atoms with E-state index in [1.54, 1.807) is 0 Å². The Balaban J connectivity index is 1.96. The van der Waals surface area contributed by atoms with Gasteiger partial charge in [0.15, 0.2) is 5.82 Å². The van der Waals surface area contributed by atoms with E-state index in [9.17, 15) is 5.11 Å². The van der Waals surface area contributed by atoms with Gasteiger partial charge in [0.05, 0.1) is 11.8 Å². The van der Waals surface area contributed by atoms with Crippen LogP contribution in [0.2, 0.25) is 0 Å². The Morgan fingerprint density at radius 3 is 3.05 bits per heavy atom. The number of hydrogen-bond acceptors (Lipinski definition) is 4. The number of piperidine rings is 1. The summed E-state index contributed by atoms with van der Waals surface area (Å²) in [6.07, 6.45) is 2.70. The van der Waals surface area contributed by atoms with Gasteiger partial charge >= 0.3 is 0 Å². The van der Waals surface area contributed by atoms with Crippen molar-refractivity contribution in [3.05, 3.63) is 30.1 Å². The molecule has 2 aromatic rings. The van der Waals surface area contributed by atoms with Crippen molar-refractivity contribution >= 4 is 11.5 Å². The van der Waals surface area contributed by atoms with Crippen LogP contribution in [0.5, 0.6) is 0 Å². The molecule has 1 saturated heterocycles. The highest BCUT2D eigenvalue weighted by atomic mass is 16.3. The topological polar surface area (TPSA) is 52.8 Å². The molecule has 21 heavy (non-hydrogen) atoms. The number of aliphatic hydroxyl groups is 1. The second-order valence-corrected chi connectivity index (χ2v) is 5.87. The highest BCUT2D eigenvalue weighted by molar-refractivity contribution is 5.56. The summed E-state index contributed by atoms with van der Waals surface area (Å²) in [5.74, 6) is 1.34. The lowest BCUT2D eigenvalue weighted by molar-refractivity contribution is 0.0968. The molecule has 0 spiro atoms. The fraction of sp³-hybridized carbons (Fsp3) is 0.562. The minimum Gasteiger partial charge on any atom is -0.393 e. The van der Waals surface area contributed by atoms with Crippen molar-refractivity contribution in [1.82, 2.24) is 14.7 Å². The van der Waals surface area contributed by atoms with Crippen LogP contribution in [0.1, 0.15) is 26.0 Å². The second kappa shape index (κ2) is 6.03. The van der Waals surface area contributed by atoms with Gasteiger partial charge in [0.25, 0.3) is 0 Å². The molecule has 0 saturated carbocycles. The summed E-state index contributed by atoms with van der Waals surface area (Å²) in [5.41, 5.74) is 2.19. The summed E-state index contributed by atoms with van der Waals surface area (Å²) in [6.45, 7) is 7.70. The fourth-order valence-electron chi connectivity index (χ4n) is 3.02. The average Bonchev–Trinajstić information content (AvgIpc) is 2.86. The van der Waals surface area contributed by atoms with E-state index in [4.69, 9.17) is 4.98 Å². The quantitative estimate of drug-likeness (QED) is 0.898. The van der Waals surface area contributed by atoms with Crippen LogP contribution in [-0.2, 0) is 6.54 Å². The lowest BCUT2D eigenvalue weighted by atomic mass is 9.97. The lowest BCUT2D eigenvalue weighted by Gasteiger charge is -2.35. The molecule has 3 rings (SSSR count). The number of hydrogen-bond donors (Lipinski definition) is 2. The molecule has 2 aromatic heterocycles. The first-order chi connectivity index (χ1) is 10.2. The van der Waals surface area contributed by atoms with Crippen LogP contribution in [0, 0.1) is 5.92 Å². The van der Waals surface area contributed by atoms with E-state index < -0.39 is 0 Å². The Morgan fingerprint density at radius 2 is 2.29 bits per heavy atom. The molecule has 0 radical (unpaired) electrons. The maximum absolute atomic E-state index is 9.93. The highest BCUT2D eigenvalue weighted by Crippen LogP contribution is 2.27. The summed E-state index contributed by atoms with van der Waals surface area (Å²) < 4.78 is 2.16. The fourth-order valence-corrected chi connectivity index (χ4v) is 3.02. The molecule has 0 aromatic carbocycles. The van der Waals surface area contributed by atoms with Crippen molar-refractivity contribution in [2.45, 2.75) is 32.9 Å². The molecule has 1 aliphatic heterocycles. The maximum Gasteiger partial charge on any atom is 0.152 e. The van der Waals surface area contributed by atoms with E-state index in [-0.39, 0.29) is 12.0 Å². The first kappa shape index (κ1) is 14.4. The summed E-state index contributed by atoms with van der Waals surface area (Å²) in [4.78, 5) is 7.13. The van der Waals surface area contributed by atoms with Crippen molar-refractivity contribution in [2.24, 2.45) is 5.92 Å². The van der Waals surface area contributed by atoms with Gasteiger partial charge in [0.1, 0.15) is 5.65 Å². The number of anilines is 1. The molecule has 2 N–H and O–H groups in total. The summed E-state index contributed by atoms with van der Waals surface area (Å²) in [6, 6.07) is 6.10. The number of rotatable bonds is 4. The highest BCUT2D eigenvalue weighted by Gasteiger charge is 2.27. The van der Waals surface area contributed by atoms with Crippen LogP contribution in [0.3, 0.4) is 0 Å². The average molecular weight is 288 g/mol. The van der Waals surface area contributed by atoms with Gasteiger partial charge in [-0.2, -0.15) is 0 Å². The molecule has 0 bridgehead atoms. The Labute approximate surface area is 125 Å². The molecule has 5 heteroatoms. The summed E-state index contributed by atoms with van der Waals surface area (Å²) in [5, 5.41) is 13.3. The van der Waals surface area contributed by atoms with Gasteiger partial charge in [-0.05, 0) is 31.0 Å². The summed E-state index contributed by atoms with van der Waals surface area (Å²) in [7, 11) is 0. The number of nitrogens with one attached hydrogen (secondary N) is 1. The van der Waals surface area contributed by atoms with Crippen molar-refractivity contribution in [1.29, 1.82) is 0 Å². The molecule has 1 aliphatic rings. The monoisotopic (exact) mass is 288 g/mol. The van der Waals surface area contributed by atoms with Crippen LogP contribution >= 0.6 is 0 Å². The zero-order valence-corrected chi connectivity index (χ0v) is 12.8. The molecule has 0 aliphatic carbocycles. The molecule has 0 amide bonds.